The minimum atomic E-state index is -0.419. The molecule has 0 aromatic carbocycles. The Kier molecular flexibility index (Phi) is 2.99. The van der Waals surface area contributed by atoms with E-state index in [0.29, 0.717) is 29.2 Å². The number of halogens is 1. The van der Waals surface area contributed by atoms with E-state index in [1.165, 1.54) is 12.1 Å². The van der Waals surface area contributed by atoms with E-state index in [2.05, 4.69) is 15.0 Å². The minimum absolute atomic E-state index is 0.166. The zero-order valence-electron chi connectivity index (χ0n) is 9.62. The fourth-order valence-electron chi connectivity index (χ4n) is 1.66. The monoisotopic (exact) mass is 233 g/mol. The van der Waals surface area contributed by atoms with Gasteiger partial charge in [0, 0.05) is 11.3 Å². The Labute approximate surface area is 97.6 Å². The highest BCUT2D eigenvalue weighted by molar-refractivity contribution is 5.48. The SMILES string of the molecule is CCc1c(C)nc(-c2ccc(F)cn2)[nH]c1=O. The largest absolute Gasteiger partial charge is 0.305 e. The highest BCUT2D eigenvalue weighted by Gasteiger charge is 2.08. The van der Waals surface area contributed by atoms with Crippen LogP contribution in [-0.4, -0.2) is 15.0 Å². The third kappa shape index (κ3) is 2.22. The summed E-state index contributed by atoms with van der Waals surface area (Å²) < 4.78 is 12.7. The third-order valence-electron chi connectivity index (χ3n) is 2.55. The Balaban J connectivity index is 2.54. The number of rotatable bonds is 2. The van der Waals surface area contributed by atoms with Crippen LogP contribution in [0.2, 0.25) is 0 Å². The van der Waals surface area contributed by atoms with Crippen molar-refractivity contribution in [2.24, 2.45) is 0 Å². The van der Waals surface area contributed by atoms with E-state index in [4.69, 9.17) is 0 Å². The maximum atomic E-state index is 12.7. The molecule has 2 aromatic rings. The van der Waals surface area contributed by atoms with Gasteiger partial charge in [0.1, 0.15) is 11.5 Å². The molecule has 0 fully saturated rings. The lowest BCUT2D eigenvalue weighted by Gasteiger charge is -2.04. The van der Waals surface area contributed by atoms with E-state index in [9.17, 15) is 9.18 Å². The lowest BCUT2D eigenvalue weighted by molar-refractivity contribution is 0.621. The summed E-state index contributed by atoms with van der Waals surface area (Å²) in [6.07, 6.45) is 1.73. The summed E-state index contributed by atoms with van der Waals surface area (Å²) >= 11 is 0. The smallest absolute Gasteiger partial charge is 0.254 e. The van der Waals surface area contributed by atoms with Crippen molar-refractivity contribution in [1.29, 1.82) is 0 Å². The number of nitrogens with zero attached hydrogens (tertiary/aromatic N) is 2. The van der Waals surface area contributed by atoms with Crippen molar-refractivity contribution in [2.75, 3.05) is 0 Å². The normalized spacial score (nSPS) is 10.5. The van der Waals surface area contributed by atoms with Gasteiger partial charge in [-0.3, -0.25) is 4.79 Å². The first kappa shape index (κ1) is 11.4. The predicted molar refractivity (Wildman–Crippen MR) is 62.2 cm³/mol. The fraction of sp³-hybridized carbons (Fsp3) is 0.250. The van der Waals surface area contributed by atoms with Gasteiger partial charge < -0.3 is 4.98 Å². The van der Waals surface area contributed by atoms with Gasteiger partial charge in [0.05, 0.1) is 6.20 Å². The second kappa shape index (κ2) is 4.45. The van der Waals surface area contributed by atoms with Crippen molar-refractivity contribution in [3.05, 3.63) is 45.8 Å². The summed E-state index contributed by atoms with van der Waals surface area (Å²) in [4.78, 5) is 22.5. The second-order valence-corrected chi connectivity index (χ2v) is 3.69. The molecule has 4 nitrogen and oxygen atoms in total. The summed E-state index contributed by atoms with van der Waals surface area (Å²) in [5.41, 5.74) is 1.63. The summed E-state index contributed by atoms with van der Waals surface area (Å²) in [5.74, 6) is -0.0531. The van der Waals surface area contributed by atoms with Gasteiger partial charge in [-0.25, -0.2) is 14.4 Å². The Hall–Kier alpha value is -2.04. The van der Waals surface area contributed by atoms with Gasteiger partial charge in [-0.15, -0.1) is 0 Å². The molecular formula is C12H12FN3O. The van der Waals surface area contributed by atoms with Crippen LogP contribution in [0.1, 0.15) is 18.2 Å². The molecule has 0 bridgehead atoms. The average molecular weight is 233 g/mol. The van der Waals surface area contributed by atoms with Gasteiger partial charge in [0.15, 0.2) is 5.82 Å². The summed E-state index contributed by atoms with van der Waals surface area (Å²) in [6, 6.07) is 2.77. The van der Waals surface area contributed by atoms with Gasteiger partial charge in [-0.2, -0.15) is 0 Å². The van der Waals surface area contributed by atoms with Gasteiger partial charge in [0.2, 0.25) is 0 Å². The number of H-pyrrole nitrogens is 1. The number of aromatic amines is 1. The lowest BCUT2D eigenvalue weighted by atomic mass is 10.2. The molecule has 1 N–H and O–H groups in total. The number of pyridine rings is 1. The molecule has 0 unspecified atom stereocenters. The average Bonchev–Trinajstić information content (AvgIpc) is 2.29. The van der Waals surface area contributed by atoms with Gasteiger partial charge >= 0.3 is 0 Å². The van der Waals surface area contributed by atoms with Crippen molar-refractivity contribution in [3.63, 3.8) is 0 Å². The van der Waals surface area contributed by atoms with Crippen LogP contribution in [0.3, 0.4) is 0 Å². The quantitative estimate of drug-likeness (QED) is 0.861. The molecule has 2 aromatic heterocycles. The molecule has 0 saturated carbocycles. The van der Waals surface area contributed by atoms with Crippen LogP contribution in [0.4, 0.5) is 4.39 Å². The molecule has 17 heavy (non-hydrogen) atoms. The molecule has 88 valence electrons. The zero-order valence-corrected chi connectivity index (χ0v) is 9.62. The fourth-order valence-corrected chi connectivity index (χ4v) is 1.66. The van der Waals surface area contributed by atoms with E-state index in [1.807, 2.05) is 6.92 Å². The molecular weight excluding hydrogens is 221 g/mol. The van der Waals surface area contributed by atoms with Crippen molar-refractivity contribution < 1.29 is 4.39 Å². The number of hydrogen-bond donors (Lipinski definition) is 1. The first-order valence-corrected chi connectivity index (χ1v) is 5.33. The predicted octanol–water partition coefficient (Wildman–Crippen LogP) is 1.84. The van der Waals surface area contributed by atoms with Crippen molar-refractivity contribution in [1.82, 2.24) is 15.0 Å². The van der Waals surface area contributed by atoms with Crippen LogP contribution in [-0.2, 0) is 6.42 Å². The molecule has 0 saturated heterocycles. The first-order chi connectivity index (χ1) is 8.11. The zero-order chi connectivity index (χ0) is 12.4. The van der Waals surface area contributed by atoms with Crippen molar-refractivity contribution >= 4 is 0 Å². The molecule has 0 spiro atoms. The standard InChI is InChI=1S/C12H12FN3O/c1-3-9-7(2)15-11(16-12(9)17)10-5-4-8(13)6-14-10/h4-6H,3H2,1-2H3,(H,15,16,17). The maximum Gasteiger partial charge on any atom is 0.254 e. The molecule has 0 aliphatic carbocycles. The number of aromatic nitrogens is 3. The summed E-state index contributed by atoms with van der Waals surface area (Å²) in [5, 5.41) is 0. The summed E-state index contributed by atoms with van der Waals surface area (Å²) in [6.45, 7) is 3.68. The molecule has 2 heterocycles. The molecule has 2 rings (SSSR count). The Morgan fingerprint density at radius 1 is 1.41 bits per heavy atom. The van der Waals surface area contributed by atoms with Crippen LogP contribution < -0.4 is 5.56 Å². The van der Waals surface area contributed by atoms with E-state index in [-0.39, 0.29) is 5.56 Å². The molecule has 0 radical (unpaired) electrons. The minimum Gasteiger partial charge on any atom is -0.305 e. The van der Waals surface area contributed by atoms with Crippen LogP contribution in [0.25, 0.3) is 11.5 Å². The van der Waals surface area contributed by atoms with Crippen molar-refractivity contribution in [2.45, 2.75) is 20.3 Å². The topological polar surface area (TPSA) is 58.6 Å². The van der Waals surface area contributed by atoms with Crippen LogP contribution >= 0.6 is 0 Å². The number of nitrogens with one attached hydrogen (secondary N) is 1. The molecule has 0 aliphatic rings. The Morgan fingerprint density at radius 2 is 2.18 bits per heavy atom. The van der Waals surface area contributed by atoms with Crippen LogP contribution in [0, 0.1) is 12.7 Å². The molecule has 0 aliphatic heterocycles. The molecule has 0 amide bonds. The van der Waals surface area contributed by atoms with Gasteiger partial charge in [0.25, 0.3) is 5.56 Å². The van der Waals surface area contributed by atoms with Crippen molar-refractivity contribution in [3.8, 4) is 11.5 Å². The number of aryl methyl sites for hydroxylation is 1. The Bertz CT molecular complexity index is 590. The number of hydrogen-bond acceptors (Lipinski definition) is 3. The highest BCUT2D eigenvalue weighted by atomic mass is 19.1. The van der Waals surface area contributed by atoms with E-state index in [1.54, 1.807) is 6.92 Å². The van der Waals surface area contributed by atoms with E-state index >= 15 is 0 Å². The Morgan fingerprint density at radius 3 is 2.71 bits per heavy atom. The third-order valence-corrected chi connectivity index (χ3v) is 2.55. The van der Waals surface area contributed by atoms with Gasteiger partial charge in [-0.1, -0.05) is 6.92 Å². The van der Waals surface area contributed by atoms with Gasteiger partial charge in [-0.05, 0) is 25.5 Å². The molecule has 5 heteroatoms. The van der Waals surface area contributed by atoms with Crippen LogP contribution in [0.5, 0.6) is 0 Å². The van der Waals surface area contributed by atoms with E-state index in [0.717, 1.165) is 6.20 Å². The lowest BCUT2D eigenvalue weighted by Crippen LogP contribution is -2.17. The maximum absolute atomic E-state index is 12.7. The molecule has 0 atom stereocenters. The second-order valence-electron chi connectivity index (χ2n) is 3.69. The highest BCUT2D eigenvalue weighted by Crippen LogP contribution is 2.11. The summed E-state index contributed by atoms with van der Waals surface area (Å²) in [7, 11) is 0. The van der Waals surface area contributed by atoms with E-state index < -0.39 is 5.82 Å². The first-order valence-electron chi connectivity index (χ1n) is 5.33. The van der Waals surface area contributed by atoms with Crippen LogP contribution in [0.15, 0.2) is 23.1 Å².